The summed E-state index contributed by atoms with van der Waals surface area (Å²) in [5.74, 6) is 2.06. The number of fused-ring (bicyclic) bond motifs is 4. The van der Waals surface area contributed by atoms with E-state index in [2.05, 4.69) is 13.5 Å². The molecule has 4 rings (SSSR count). The SMILES string of the molecule is C=CC[C@H]1C[C@@]2(C)C(CC[C@@H]2O)C2CCC3=CC(=O)CCC3=C21. The van der Waals surface area contributed by atoms with Gasteiger partial charge in [-0.25, -0.2) is 0 Å². The average Bonchev–Trinajstić information content (AvgIpc) is 2.82. The van der Waals surface area contributed by atoms with E-state index < -0.39 is 0 Å². The standard InChI is InChI=1S/C21H28O2/c1-3-4-14-12-21(2)18(9-10-19(21)23)17-7-5-13-11-15(22)6-8-16(13)20(14)17/h3,11,14,17-19,23H,1,4-10,12H2,2H3/t14-,17?,18?,19-,21-/m0/s1. The second kappa shape index (κ2) is 5.44. The Hall–Kier alpha value is -1.15. The zero-order chi connectivity index (χ0) is 16.2. The summed E-state index contributed by atoms with van der Waals surface area (Å²) in [6, 6.07) is 0. The maximum absolute atomic E-state index is 11.8. The number of hydrogen-bond donors (Lipinski definition) is 1. The average molecular weight is 312 g/mol. The zero-order valence-corrected chi connectivity index (χ0v) is 14.2. The van der Waals surface area contributed by atoms with Gasteiger partial charge in [0, 0.05) is 6.42 Å². The van der Waals surface area contributed by atoms with Gasteiger partial charge in [0.25, 0.3) is 0 Å². The lowest BCUT2D eigenvalue weighted by Gasteiger charge is -2.51. The Kier molecular flexibility index (Phi) is 3.64. The van der Waals surface area contributed by atoms with Crippen LogP contribution in [0.2, 0.25) is 0 Å². The maximum atomic E-state index is 11.8. The van der Waals surface area contributed by atoms with Gasteiger partial charge in [0.15, 0.2) is 5.78 Å². The third kappa shape index (κ3) is 2.21. The lowest BCUT2D eigenvalue weighted by Crippen LogP contribution is -2.45. The van der Waals surface area contributed by atoms with Gasteiger partial charge in [0.2, 0.25) is 0 Å². The number of carbonyl (C=O) groups excluding carboxylic acids is 1. The van der Waals surface area contributed by atoms with Crippen molar-refractivity contribution in [3.8, 4) is 0 Å². The smallest absolute Gasteiger partial charge is 0.156 e. The Bertz CT molecular complexity index is 611. The second-order valence-corrected chi connectivity index (χ2v) is 8.35. The van der Waals surface area contributed by atoms with Crippen molar-refractivity contribution in [2.24, 2.45) is 23.2 Å². The molecule has 2 heteroatoms. The number of carbonyl (C=O) groups is 1. The summed E-state index contributed by atoms with van der Waals surface area (Å²) in [5, 5.41) is 10.6. The van der Waals surface area contributed by atoms with Crippen LogP contribution in [0.15, 0.2) is 35.5 Å². The van der Waals surface area contributed by atoms with E-state index in [1.54, 1.807) is 5.57 Å². The number of ketones is 1. The highest BCUT2D eigenvalue weighted by atomic mass is 16.3. The molecule has 4 aliphatic rings. The number of rotatable bonds is 2. The maximum Gasteiger partial charge on any atom is 0.156 e. The number of aliphatic hydroxyl groups is 1. The molecule has 0 radical (unpaired) electrons. The van der Waals surface area contributed by atoms with Gasteiger partial charge in [-0.15, -0.1) is 6.58 Å². The predicted octanol–water partition coefficient (Wildman–Crippen LogP) is 4.36. The molecule has 0 bridgehead atoms. The minimum absolute atomic E-state index is 0.0775. The van der Waals surface area contributed by atoms with Gasteiger partial charge in [-0.2, -0.15) is 0 Å². The van der Waals surface area contributed by atoms with Crippen LogP contribution in [0.1, 0.15) is 58.3 Å². The highest BCUT2D eigenvalue weighted by molar-refractivity contribution is 5.93. The molecule has 2 unspecified atom stereocenters. The first-order valence-electron chi connectivity index (χ1n) is 9.30. The first-order chi connectivity index (χ1) is 11.0. The highest BCUT2D eigenvalue weighted by Gasteiger charge is 2.55. The molecule has 0 amide bonds. The van der Waals surface area contributed by atoms with Crippen LogP contribution < -0.4 is 0 Å². The number of aliphatic hydroxyl groups excluding tert-OH is 1. The number of hydrogen-bond acceptors (Lipinski definition) is 2. The Morgan fingerprint density at radius 1 is 1.30 bits per heavy atom. The van der Waals surface area contributed by atoms with E-state index in [-0.39, 0.29) is 11.5 Å². The van der Waals surface area contributed by atoms with Crippen LogP contribution in [0.25, 0.3) is 0 Å². The Labute approximate surface area is 139 Å². The molecule has 5 atom stereocenters. The van der Waals surface area contributed by atoms with Crippen molar-refractivity contribution in [3.05, 3.63) is 35.5 Å². The molecule has 0 aromatic rings. The van der Waals surface area contributed by atoms with Gasteiger partial charge in [0.05, 0.1) is 6.10 Å². The van der Waals surface area contributed by atoms with E-state index in [0.29, 0.717) is 30.0 Å². The Morgan fingerprint density at radius 2 is 2.13 bits per heavy atom. The van der Waals surface area contributed by atoms with Gasteiger partial charge in [-0.3, -0.25) is 4.79 Å². The van der Waals surface area contributed by atoms with E-state index in [4.69, 9.17) is 0 Å². The quantitative estimate of drug-likeness (QED) is 0.769. The zero-order valence-electron chi connectivity index (χ0n) is 14.2. The van der Waals surface area contributed by atoms with E-state index >= 15 is 0 Å². The van der Waals surface area contributed by atoms with Crippen LogP contribution in [0.3, 0.4) is 0 Å². The third-order valence-corrected chi connectivity index (χ3v) is 7.24. The molecule has 2 nitrogen and oxygen atoms in total. The lowest BCUT2D eigenvalue weighted by atomic mass is 9.53. The van der Waals surface area contributed by atoms with E-state index in [9.17, 15) is 9.90 Å². The van der Waals surface area contributed by atoms with Gasteiger partial charge in [0.1, 0.15) is 0 Å². The van der Waals surface area contributed by atoms with Gasteiger partial charge in [-0.05, 0) is 85.3 Å². The molecule has 0 aromatic heterocycles. The molecule has 4 aliphatic carbocycles. The van der Waals surface area contributed by atoms with Crippen molar-refractivity contribution in [1.29, 1.82) is 0 Å². The molecular formula is C21H28O2. The minimum atomic E-state index is -0.142. The Balaban J connectivity index is 1.81. The van der Waals surface area contributed by atoms with Crippen molar-refractivity contribution < 1.29 is 9.90 Å². The van der Waals surface area contributed by atoms with E-state index in [1.807, 2.05) is 12.2 Å². The van der Waals surface area contributed by atoms with Crippen LogP contribution in [0.5, 0.6) is 0 Å². The highest BCUT2D eigenvalue weighted by Crippen LogP contribution is 2.62. The largest absolute Gasteiger partial charge is 0.393 e. The second-order valence-electron chi connectivity index (χ2n) is 8.35. The minimum Gasteiger partial charge on any atom is -0.393 e. The van der Waals surface area contributed by atoms with E-state index in [0.717, 1.165) is 38.5 Å². The summed E-state index contributed by atoms with van der Waals surface area (Å²) in [6.07, 6.45) is 11.9. The molecule has 0 aliphatic heterocycles. The molecule has 0 spiro atoms. The van der Waals surface area contributed by atoms with Gasteiger partial charge >= 0.3 is 0 Å². The van der Waals surface area contributed by atoms with Gasteiger partial charge < -0.3 is 5.11 Å². The summed E-state index contributed by atoms with van der Waals surface area (Å²) in [6.45, 7) is 6.30. The van der Waals surface area contributed by atoms with Crippen molar-refractivity contribution in [3.63, 3.8) is 0 Å². The molecule has 0 heterocycles. The topological polar surface area (TPSA) is 37.3 Å². The van der Waals surface area contributed by atoms with Crippen LogP contribution in [-0.4, -0.2) is 17.0 Å². The summed E-state index contributed by atoms with van der Waals surface area (Å²) in [5.41, 5.74) is 4.56. The summed E-state index contributed by atoms with van der Waals surface area (Å²) in [7, 11) is 0. The molecular weight excluding hydrogens is 284 g/mol. The molecule has 124 valence electrons. The molecule has 1 N–H and O–H groups in total. The summed E-state index contributed by atoms with van der Waals surface area (Å²) in [4.78, 5) is 11.8. The van der Waals surface area contributed by atoms with Crippen LogP contribution in [0, 0.1) is 23.2 Å². The molecule has 0 aromatic carbocycles. The fourth-order valence-corrected chi connectivity index (χ4v) is 6.22. The first-order valence-corrected chi connectivity index (χ1v) is 9.30. The molecule has 2 fully saturated rings. The van der Waals surface area contributed by atoms with Crippen molar-refractivity contribution in [1.82, 2.24) is 0 Å². The molecule has 2 saturated carbocycles. The van der Waals surface area contributed by atoms with Crippen LogP contribution >= 0.6 is 0 Å². The van der Waals surface area contributed by atoms with Gasteiger partial charge in [-0.1, -0.05) is 18.6 Å². The summed E-state index contributed by atoms with van der Waals surface area (Å²) >= 11 is 0. The van der Waals surface area contributed by atoms with E-state index in [1.165, 1.54) is 17.6 Å². The fourth-order valence-electron chi connectivity index (χ4n) is 6.22. The van der Waals surface area contributed by atoms with Crippen LogP contribution in [-0.2, 0) is 4.79 Å². The normalized spacial score (nSPS) is 42.7. The van der Waals surface area contributed by atoms with Crippen molar-refractivity contribution in [2.75, 3.05) is 0 Å². The fraction of sp³-hybridized carbons (Fsp3) is 0.667. The Morgan fingerprint density at radius 3 is 2.91 bits per heavy atom. The monoisotopic (exact) mass is 312 g/mol. The first kappa shape index (κ1) is 15.4. The molecule has 0 saturated heterocycles. The lowest BCUT2D eigenvalue weighted by molar-refractivity contribution is -0.114. The van der Waals surface area contributed by atoms with Crippen LogP contribution in [0.4, 0.5) is 0 Å². The third-order valence-electron chi connectivity index (χ3n) is 7.24. The molecule has 23 heavy (non-hydrogen) atoms. The van der Waals surface area contributed by atoms with Crippen molar-refractivity contribution >= 4 is 5.78 Å². The number of allylic oxidation sites excluding steroid dienone is 5. The predicted molar refractivity (Wildman–Crippen MR) is 91.8 cm³/mol. The summed E-state index contributed by atoms with van der Waals surface area (Å²) < 4.78 is 0. The van der Waals surface area contributed by atoms with Crippen molar-refractivity contribution in [2.45, 2.75) is 64.4 Å².